The van der Waals surface area contributed by atoms with Crippen LogP contribution in [0, 0.1) is 3.57 Å². The third-order valence-electron chi connectivity index (χ3n) is 3.53. The van der Waals surface area contributed by atoms with Crippen LogP contribution in [0.1, 0.15) is 36.0 Å². The van der Waals surface area contributed by atoms with Crippen LogP contribution in [-0.4, -0.2) is 23.1 Å². The summed E-state index contributed by atoms with van der Waals surface area (Å²) < 4.78 is 0.920. The van der Waals surface area contributed by atoms with Gasteiger partial charge in [-0.05, 0) is 53.6 Å². The minimum absolute atomic E-state index is 0.0121. The molecular weight excluding hydrogens is 343 g/mol. The Morgan fingerprint density at radius 2 is 2.11 bits per heavy atom. The molecule has 1 aromatic rings. The van der Waals surface area contributed by atoms with E-state index in [-0.39, 0.29) is 17.2 Å². The van der Waals surface area contributed by atoms with Crippen molar-refractivity contribution in [2.45, 2.75) is 31.2 Å². The summed E-state index contributed by atoms with van der Waals surface area (Å²) in [5.41, 5.74) is 5.82. The Morgan fingerprint density at radius 1 is 1.44 bits per heavy atom. The summed E-state index contributed by atoms with van der Waals surface area (Å²) in [6, 6.07) is 4.99. The number of amides is 1. The Hall–Kier alpha value is -0.820. The van der Waals surface area contributed by atoms with Gasteiger partial charge in [-0.1, -0.05) is 12.8 Å². The monoisotopic (exact) mass is 360 g/mol. The molecule has 1 amide bonds. The quantitative estimate of drug-likeness (QED) is 0.722. The highest BCUT2D eigenvalue weighted by atomic mass is 127. The summed E-state index contributed by atoms with van der Waals surface area (Å²) in [5, 5.41) is 12.7. The Bertz CT molecular complexity index is 456. The Balaban J connectivity index is 2.18. The summed E-state index contributed by atoms with van der Waals surface area (Å²) in [6.07, 6.45) is 4.02. The largest absolute Gasteiger partial charge is 0.507 e. The molecule has 98 valence electrons. The van der Waals surface area contributed by atoms with E-state index >= 15 is 0 Å². The molecule has 0 atom stereocenters. The predicted molar refractivity (Wildman–Crippen MR) is 78.5 cm³/mol. The summed E-state index contributed by atoms with van der Waals surface area (Å²) >= 11 is 2.12. The molecule has 0 spiro atoms. The number of rotatable bonds is 3. The van der Waals surface area contributed by atoms with Gasteiger partial charge in [-0.3, -0.25) is 4.79 Å². The average molecular weight is 360 g/mol. The molecule has 1 fully saturated rings. The van der Waals surface area contributed by atoms with E-state index in [9.17, 15) is 9.90 Å². The summed E-state index contributed by atoms with van der Waals surface area (Å²) in [4.78, 5) is 12.2. The van der Waals surface area contributed by atoms with Crippen LogP contribution in [0.5, 0.6) is 5.75 Å². The van der Waals surface area contributed by atoms with Crippen molar-refractivity contribution in [3.8, 4) is 5.75 Å². The van der Waals surface area contributed by atoms with E-state index in [2.05, 4.69) is 27.9 Å². The number of carbonyl (C=O) groups excluding carboxylic acids is 1. The van der Waals surface area contributed by atoms with E-state index < -0.39 is 0 Å². The minimum atomic E-state index is -0.287. The van der Waals surface area contributed by atoms with Gasteiger partial charge >= 0.3 is 0 Å². The molecule has 18 heavy (non-hydrogen) atoms. The number of phenolic OH excluding ortho intramolecular Hbond substituents is 1. The van der Waals surface area contributed by atoms with Gasteiger partial charge in [-0.25, -0.2) is 0 Å². The highest BCUT2D eigenvalue weighted by Gasteiger charge is 2.34. The van der Waals surface area contributed by atoms with Crippen LogP contribution in [-0.2, 0) is 0 Å². The maximum Gasteiger partial charge on any atom is 0.255 e. The Kier molecular flexibility index (Phi) is 4.11. The van der Waals surface area contributed by atoms with Gasteiger partial charge in [0.2, 0.25) is 0 Å². The molecule has 0 heterocycles. The van der Waals surface area contributed by atoms with Crippen molar-refractivity contribution >= 4 is 28.5 Å². The first kappa shape index (κ1) is 13.6. The lowest BCUT2D eigenvalue weighted by Crippen LogP contribution is -2.51. The van der Waals surface area contributed by atoms with E-state index in [1.165, 1.54) is 0 Å². The lowest BCUT2D eigenvalue weighted by atomic mass is 9.97. The van der Waals surface area contributed by atoms with Gasteiger partial charge in [0.1, 0.15) is 5.75 Å². The molecule has 1 saturated carbocycles. The van der Waals surface area contributed by atoms with Crippen molar-refractivity contribution in [2.24, 2.45) is 5.73 Å². The molecule has 2 rings (SSSR count). The maximum absolute atomic E-state index is 12.2. The standard InChI is InChI=1S/C13H17IN2O2/c14-9-3-4-11(17)10(7-9)12(18)16-13(8-15)5-1-2-6-13/h3-4,7,17H,1-2,5-6,8,15H2,(H,16,18). The molecule has 5 heteroatoms. The molecular formula is C13H17IN2O2. The Labute approximate surface area is 120 Å². The van der Waals surface area contributed by atoms with Gasteiger partial charge in [0, 0.05) is 10.1 Å². The number of benzene rings is 1. The fourth-order valence-corrected chi connectivity index (χ4v) is 2.92. The van der Waals surface area contributed by atoms with Gasteiger partial charge in [0.15, 0.2) is 0 Å². The second kappa shape index (κ2) is 5.44. The lowest BCUT2D eigenvalue weighted by Gasteiger charge is -2.28. The molecule has 1 aromatic carbocycles. The predicted octanol–water partition coefficient (Wildman–Crippen LogP) is 2.00. The van der Waals surface area contributed by atoms with Crippen LogP contribution in [0.4, 0.5) is 0 Å². The smallest absolute Gasteiger partial charge is 0.255 e. The zero-order valence-electron chi connectivity index (χ0n) is 10.1. The lowest BCUT2D eigenvalue weighted by molar-refractivity contribution is 0.0900. The third kappa shape index (κ3) is 2.77. The summed E-state index contributed by atoms with van der Waals surface area (Å²) in [5.74, 6) is -0.226. The number of nitrogens with one attached hydrogen (secondary N) is 1. The van der Waals surface area contributed by atoms with Crippen LogP contribution in [0.3, 0.4) is 0 Å². The van der Waals surface area contributed by atoms with Crippen molar-refractivity contribution in [2.75, 3.05) is 6.54 Å². The van der Waals surface area contributed by atoms with Crippen molar-refractivity contribution in [3.05, 3.63) is 27.3 Å². The number of phenols is 1. The van der Waals surface area contributed by atoms with Gasteiger partial charge in [-0.15, -0.1) is 0 Å². The van der Waals surface area contributed by atoms with Crippen LogP contribution < -0.4 is 11.1 Å². The van der Waals surface area contributed by atoms with E-state index in [0.717, 1.165) is 29.3 Å². The first-order valence-corrected chi connectivity index (χ1v) is 7.15. The zero-order valence-corrected chi connectivity index (χ0v) is 12.2. The molecule has 4 N–H and O–H groups in total. The number of halogens is 1. The van der Waals surface area contributed by atoms with Gasteiger partial charge in [0.25, 0.3) is 5.91 Å². The molecule has 0 aromatic heterocycles. The van der Waals surface area contributed by atoms with Crippen molar-refractivity contribution in [3.63, 3.8) is 0 Å². The number of hydrogen-bond donors (Lipinski definition) is 3. The normalized spacial score (nSPS) is 17.7. The minimum Gasteiger partial charge on any atom is -0.507 e. The Morgan fingerprint density at radius 3 is 2.72 bits per heavy atom. The van der Waals surface area contributed by atoms with Crippen molar-refractivity contribution in [1.82, 2.24) is 5.32 Å². The average Bonchev–Trinajstić information content (AvgIpc) is 2.81. The first-order chi connectivity index (χ1) is 8.56. The molecule has 0 saturated heterocycles. The van der Waals surface area contributed by atoms with Gasteiger partial charge < -0.3 is 16.2 Å². The van der Waals surface area contributed by atoms with Crippen molar-refractivity contribution < 1.29 is 9.90 Å². The maximum atomic E-state index is 12.2. The number of aromatic hydroxyl groups is 1. The topological polar surface area (TPSA) is 75.3 Å². The molecule has 0 radical (unpaired) electrons. The number of carbonyl (C=O) groups is 1. The fourth-order valence-electron chi connectivity index (χ4n) is 2.43. The zero-order chi connectivity index (χ0) is 13.2. The summed E-state index contributed by atoms with van der Waals surface area (Å²) in [7, 11) is 0. The molecule has 4 nitrogen and oxygen atoms in total. The molecule has 0 unspecified atom stereocenters. The van der Waals surface area contributed by atoms with Crippen LogP contribution >= 0.6 is 22.6 Å². The summed E-state index contributed by atoms with van der Waals surface area (Å²) in [6.45, 7) is 0.448. The molecule has 0 bridgehead atoms. The molecule has 1 aliphatic carbocycles. The fraction of sp³-hybridized carbons (Fsp3) is 0.462. The van der Waals surface area contributed by atoms with Gasteiger partial charge in [-0.2, -0.15) is 0 Å². The van der Waals surface area contributed by atoms with Crippen LogP contribution in [0.2, 0.25) is 0 Å². The third-order valence-corrected chi connectivity index (χ3v) is 4.20. The number of nitrogens with two attached hydrogens (primary N) is 1. The van der Waals surface area contributed by atoms with E-state index in [1.807, 2.05) is 0 Å². The first-order valence-electron chi connectivity index (χ1n) is 6.07. The van der Waals surface area contributed by atoms with Crippen molar-refractivity contribution in [1.29, 1.82) is 0 Å². The van der Waals surface area contributed by atoms with E-state index in [1.54, 1.807) is 18.2 Å². The second-order valence-electron chi connectivity index (χ2n) is 4.81. The van der Waals surface area contributed by atoms with Crippen LogP contribution in [0.15, 0.2) is 18.2 Å². The SMILES string of the molecule is NCC1(NC(=O)c2cc(I)ccc2O)CCCC1. The highest BCUT2D eigenvalue weighted by molar-refractivity contribution is 14.1. The second-order valence-corrected chi connectivity index (χ2v) is 6.05. The van der Waals surface area contributed by atoms with E-state index in [0.29, 0.717) is 12.1 Å². The molecule has 0 aliphatic heterocycles. The van der Waals surface area contributed by atoms with E-state index in [4.69, 9.17) is 5.73 Å². The van der Waals surface area contributed by atoms with Crippen LogP contribution in [0.25, 0.3) is 0 Å². The van der Waals surface area contributed by atoms with Gasteiger partial charge in [0.05, 0.1) is 11.1 Å². The number of hydrogen-bond acceptors (Lipinski definition) is 3. The molecule has 1 aliphatic rings. The highest BCUT2D eigenvalue weighted by Crippen LogP contribution is 2.29.